The Morgan fingerprint density at radius 1 is 1.30 bits per heavy atom. The summed E-state index contributed by atoms with van der Waals surface area (Å²) in [4.78, 5) is 36.3. The van der Waals surface area contributed by atoms with Gasteiger partial charge in [0.05, 0.1) is 11.5 Å². The molecule has 2 amide bonds. The Kier molecular flexibility index (Phi) is 4.39. The first-order valence-corrected chi connectivity index (χ1v) is 8.68. The molecule has 0 unspecified atom stereocenters. The van der Waals surface area contributed by atoms with E-state index in [1.807, 2.05) is 0 Å². The fourth-order valence-electron chi connectivity index (χ4n) is 2.84. The van der Waals surface area contributed by atoms with Crippen LogP contribution in [0.25, 0.3) is 0 Å². The maximum Gasteiger partial charge on any atom is 0.309 e. The van der Waals surface area contributed by atoms with E-state index in [4.69, 9.17) is 10.5 Å². The summed E-state index contributed by atoms with van der Waals surface area (Å²) in [6.45, 7) is 1.84. The molecule has 1 fully saturated rings. The maximum atomic E-state index is 12.0. The van der Waals surface area contributed by atoms with E-state index in [0.29, 0.717) is 16.5 Å². The first-order valence-electron chi connectivity index (χ1n) is 7.86. The predicted octanol–water partition coefficient (Wildman–Crippen LogP) is 1.86. The molecular weight excluding hydrogens is 316 g/mol. The molecule has 0 aromatic carbocycles. The Bertz CT molecular complexity index is 663. The van der Waals surface area contributed by atoms with Gasteiger partial charge in [0.2, 0.25) is 0 Å². The lowest BCUT2D eigenvalue weighted by Crippen LogP contribution is -2.23. The van der Waals surface area contributed by atoms with E-state index in [-0.39, 0.29) is 18.5 Å². The SMILES string of the molecule is C[C@@H]1CCc2c(sc(NC(=O)COC(=O)C3CC3)c2C(N)=O)C1. The Morgan fingerprint density at radius 2 is 2.04 bits per heavy atom. The van der Waals surface area contributed by atoms with Gasteiger partial charge < -0.3 is 15.8 Å². The van der Waals surface area contributed by atoms with Crippen LogP contribution < -0.4 is 11.1 Å². The van der Waals surface area contributed by atoms with Crippen LogP contribution in [0.15, 0.2) is 0 Å². The zero-order valence-corrected chi connectivity index (χ0v) is 13.8. The lowest BCUT2D eigenvalue weighted by atomic mass is 9.88. The molecule has 0 bridgehead atoms. The summed E-state index contributed by atoms with van der Waals surface area (Å²) in [6, 6.07) is 0. The minimum Gasteiger partial charge on any atom is -0.455 e. The summed E-state index contributed by atoms with van der Waals surface area (Å²) in [5.41, 5.74) is 6.87. The summed E-state index contributed by atoms with van der Waals surface area (Å²) in [6.07, 6.45) is 4.38. The van der Waals surface area contributed by atoms with Gasteiger partial charge in [0.15, 0.2) is 6.61 Å². The molecule has 0 saturated heterocycles. The van der Waals surface area contributed by atoms with Crippen molar-refractivity contribution in [3.8, 4) is 0 Å². The van der Waals surface area contributed by atoms with Gasteiger partial charge in [-0.1, -0.05) is 6.92 Å². The third-order valence-corrected chi connectivity index (χ3v) is 5.44. The number of carbonyl (C=O) groups is 3. The highest BCUT2D eigenvalue weighted by atomic mass is 32.1. The van der Waals surface area contributed by atoms with Crippen LogP contribution >= 0.6 is 11.3 Å². The first-order chi connectivity index (χ1) is 11.0. The second-order valence-electron chi connectivity index (χ2n) is 6.35. The van der Waals surface area contributed by atoms with E-state index < -0.39 is 11.8 Å². The number of hydrogen-bond acceptors (Lipinski definition) is 5. The number of thiophene rings is 1. The van der Waals surface area contributed by atoms with E-state index in [0.717, 1.165) is 42.5 Å². The monoisotopic (exact) mass is 336 g/mol. The summed E-state index contributed by atoms with van der Waals surface area (Å²) in [5.74, 6) is -0.769. The van der Waals surface area contributed by atoms with Crippen molar-refractivity contribution < 1.29 is 19.1 Å². The minimum atomic E-state index is -0.526. The molecule has 1 atom stereocenters. The highest BCUT2D eigenvalue weighted by Gasteiger charge is 2.32. The predicted molar refractivity (Wildman–Crippen MR) is 86.3 cm³/mol. The standard InChI is InChI=1S/C16H20N2O4S/c1-8-2-5-10-11(6-8)23-15(13(10)14(17)20)18-12(19)7-22-16(21)9-3-4-9/h8-9H,2-7H2,1H3,(H2,17,20)(H,18,19)/t8-/m1/s1. The summed E-state index contributed by atoms with van der Waals surface area (Å²) in [7, 11) is 0. The molecule has 0 aliphatic heterocycles. The van der Waals surface area contributed by atoms with Gasteiger partial charge in [-0.05, 0) is 43.6 Å². The molecule has 1 aromatic rings. The van der Waals surface area contributed by atoms with Crippen molar-refractivity contribution in [1.29, 1.82) is 0 Å². The van der Waals surface area contributed by atoms with E-state index in [1.54, 1.807) is 0 Å². The third-order valence-electron chi connectivity index (χ3n) is 4.27. The number of anilines is 1. The normalized spacial score (nSPS) is 19.8. The average Bonchev–Trinajstić information content (AvgIpc) is 3.26. The van der Waals surface area contributed by atoms with Crippen LogP contribution in [0.4, 0.5) is 5.00 Å². The molecule has 7 heteroatoms. The molecular formula is C16H20N2O4S. The van der Waals surface area contributed by atoms with Crippen LogP contribution in [0.5, 0.6) is 0 Å². The third kappa shape index (κ3) is 3.55. The molecule has 23 heavy (non-hydrogen) atoms. The van der Waals surface area contributed by atoms with Crippen LogP contribution in [0.3, 0.4) is 0 Å². The van der Waals surface area contributed by atoms with Gasteiger partial charge in [0, 0.05) is 4.88 Å². The number of esters is 1. The van der Waals surface area contributed by atoms with Crippen molar-refractivity contribution in [2.45, 2.75) is 39.0 Å². The lowest BCUT2D eigenvalue weighted by Gasteiger charge is -2.18. The number of nitrogens with two attached hydrogens (primary N) is 1. The Morgan fingerprint density at radius 3 is 2.70 bits per heavy atom. The topological polar surface area (TPSA) is 98.5 Å². The van der Waals surface area contributed by atoms with Gasteiger partial charge in [0.25, 0.3) is 11.8 Å². The highest BCUT2D eigenvalue weighted by Crippen LogP contribution is 2.39. The van der Waals surface area contributed by atoms with Crippen LogP contribution in [-0.4, -0.2) is 24.4 Å². The van der Waals surface area contributed by atoms with Gasteiger partial charge >= 0.3 is 5.97 Å². The van der Waals surface area contributed by atoms with Crippen LogP contribution in [0.1, 0.15) is 47.0 Å². The van der Waals surface area contributed by atoms with E-state index in [9.17, 15) is 14.4 Å². The maximum absolute atomic E-state index is 12.0. The number of amides is 2. The Hall–Kier alpha value is -1.89. The fraction of sp³-hybridized carbons (Fsp3) is 0.562. The minimum absolute atomic E-state index is 0.0421. The molecule has 1 heterocycles. The number of ether oxygens (including phenoxy) is 1. The first kappa shape index (κ1) is 16.0. The Labute approximate surface area is 138 Å². The van der Waals surface area contributed by atoms with Crippen molar-refractivity contribution in [3.05, 3.63) is 16.0 Å². The number of carbonyl (C=O) groups excluding carboxylic acids is 3. The second kappa shape index (κ2) is 6.31. The molecule has 0 spiro atoms. The molecule has 2 aliphatic rings. The summed E-state index contributed by atoms with van der Waals surface area (Å²) < 4.78 is 4.96. The molecule has 3 N–H and O–H groups in total. The zero-order valence-electron chi connectivity index (χ0n) is 13.0. The van der Waals surface area contributed by atoms with Crippen LogP contribution in [0.2, 0.25) is 0 Å². The fourth-order valence-corrected chi connectivity index (χ4v) is 4.27. The Balaban J connectivity index is 1.70. The zero-order chi connectivity index (χ0) is 16.6. The van der Waals surface area contributed by atoms with Crippen molar-refractivity contribution in [3.63, 3.8) is 0 Å². The number of primary amides is 1. The van der Waals surface area contributed by atoms with Crippen molar-refractivity contribution in [2.75, 3.05) is 11.9 Å². The van der Waals surface area contributed by atoms with Crippen LogP contribution in [0, 0.1) is 11.8 Å². The van der Waals surface area contributed by atoms with Gasteiger partial charge in [0.1, 0.15) is 5.00 Å². The molecule has 0 radical (unpaired) electrons. The number of nitrogens with one attached hydrogen (secondary N) is 1. The van der Waals surface area contributed by atoms with E-state index in [2.05, 4.69) is 12.2 Å². The van der Waals surface area contributed by atoms with Crippen molar-refractivity contribution in [2.24, 2.45) is 17.6 Å². The quantitative estimate of drug-likeness (QED) is 0.802. The number of hydrogen-bond donors (Lipinski definition) is 2. The molecule has 2 aliphatic carbocycles. The second-order valence-corrected chi connectivity index (χ2v) is 7.46. The van der Waals surface area contributed by atoms with Gasteiger partial charge in [-0.15, -0.1) is 11.3 Å². The smallest absolute Gasteiger partial charge is 0.309 e. The highest BCUT2D eigenvalue weighted by molar-refractivity contribution is 7.17. The average molecular weight is 336 g/mol. The van der Waals surface area contributed by atoms with Crippen molar-refractivity contribution >= 4 is 34.1 Å². The van der Waals surface area contributed by atoms with Gasteiger partial charge in [-0.25, -0.2) is 0 Å². The van der Waals surface area contributed by atoms with Gasteiger partial charge in [-0.2, -0.15) is 0 Å². The van der Waals surface area contributed by atoms with Gasteiger partial charge in [-0.3, -0.25) is 14.4 Å². The van der Waals surface area contributed by atoms with E-state index >= 15 is 0 Å². The van der Waals surface area contributed by atoms with E-state index in [1.165, 1.54) is 11.3 Å². The van der Waals surface area contributed by atoms with Crippen LogP contribution in [-0.2, 0) is 27.2 Å². The molecule has 1 saturated carbocycles. The molecule has 3 rings (SSSR count). The summed E-state index contributed by atoms with van der Waals surface area (Å²) >= 11 is 1.40. The molecule has 1 aromatic heterocycles. The van der Waals surface area contributed by atoms with Crippen molar-refractivity contribution in [1.82, 2.24) is 0 Å². The lowest BCUT2D eigenvalue weighted by molar-refractivity contribution is -0.148. The largest absolute Gasteiger partial charge is 0.455 e. The molecule has 124 valence electrons. The number of rotatable bonds is 5. The number of fused-ring (bicyclic) bond motifs is 1. The molecule has 6 nitrogen and oxygen atoms in total. The summed E-state index contributed by atoms with van der Waals surface area (Å²) in [5, 5.41) is 3.16.